The van der Waals surface area contributed by atoms with Crippen LogP contribution in [0.3, 0.4) is 0 Å². The molecular formula is C26H19N5O3. The van der Waals surface area contributed by atoms with Crippen LogP contribution in [0.1, 0.15) is 21.6 Å². The number of aromatic carboxylic acids is 1. The molecule has 5 aromatic rings. The molecule has 166 valence electrons. The normalized spacial score (nSPS) is 10.8. The van der Waals surface area contributed by atoms with Crippen LogP contribution in [-0.2, 0) is 6.42 Å². The molecule has 0 atom stereocenters. The van der Waals surface area contributed by atoms with Gasteiger partial charge in [0.05, 0.1) is 17.4 Å². The Morgan fingerprint density at radius 2 is 1.71 bits per heavy atom. The average molecular weight is 449 g/mol. The molecule has 8 nitrogen and oxygen atoms in total. The van der Waals surface area contributed by atoms with Gasteiger partial charge in [-0.25, -0.2) is 9.59 Å². The molecule has 0 bridgehead atoms. The largest absolute Gasteiger partial charge is 0.476 e. The number of aromatic nitrogens is 4. The summed E-state index contributed by atoms with van der Waals surface area (Å²) in [6.45, 7) is 0. The molecule has 0 fully saturated rings. The molecule has 3 aromatic heterocycles. The molecule has 0 saturated heterocycles. The van der Waals surface area contributed by atoms with Gasteiger partial charge in [0.2, 0.25) is 0 Å². The van der Waals surface area contributed by atoms with Crippen LogP contribution in [0.25, 0.3) is 22.0 Å². The van der Waals surface area contributed by atoms with Gasteiger partial charge in [0, 0.05) is 29.5 Å². The number of pyridine rings is 2. The molecule has 0 aliphatic carbocycles. The summed E-state index contributed by atoms with van der Waals surface area (Å²) in [5.41, 5.74) is 4.50. The second kappa shape index (κ2) is 8.95. The van der Waals surface area contributed by atoms with Crippen molar-refractivity contribution in [2.45, 2.75) is 6.42 Å². The average Bonchev–Trinajstić information content (AvgIpc) is 3.25. The van der Waals surface area contributed by atoms with Crippen molar-refractivity contribution >= 4 is 28.6 Å². The lowest BCUT2D eigenvalue weighted by Crippen LogP contribution is -2.21. The Morgan fingerprint density at radius 1 is 0.853 bits per heavy atom. The molecule has 0 spiro atoms. The van der Waals surface area contributed by atoms with Crippen molar-refractivity contribution in [3.8, 4) is 11.1 Å². The van der Waals surface area contributed by atoms with Crippen LogP contribution in [0.5, 0.6) is 0 Å². The number of amides is 1. The minimum Gasteiger partial charge on any atom is -0.476 e. The van der Waals surface area contributed by atoms with Crippen LogP contribution >= 0.6 is 0 Å². The van der Waals surface area contributed by atoms with Crippen LogP contribution in [0, 0.1) is 0 Å². The first-order valence-electron chi connectivity index (χ1n) is 10.5. The lowest BCUT2D eigenvalue weighted by Gasteiger charge is -2.07. The van der Waals surface area contributed by atoms with Gasteiger partial charge < -0.3 is 10.4 Å². The maximum absolute atomic E-state index is 12.8. The number of hydrogen-bond acceptors (Lipinski definition) is 5. The smallest absolute Gasteiger partial charge is 0.357 e. The van der Waals surface area contributed by atoms with Gasteiger partial charge in [-0.05, 0) is 53.4 Å². The van der Waals surface area contributed by atoms with Crippen molar-refractivity contribution in [1.29, 1.82) is 0 Å². The summed E-state index contributed by atoms with van der Waals surface area (Å²) >= 11 is 0. The first-order valence-corrected chi connectivity index (χ1v) is 10.5. The van der Waals surface area contributed by atoms with Gasteiger partial charge in [0.15, 0.2) is 5.69 Å². The van der Waals surface area contributed by atoms with E-state index in [0.717, 1.165) is 27.8 Å². The number of carbonyl (C=O) groups excluding carboxylic acids is 1. The fraction of sp³-hybridized carbons (Fsp3) is 0.0385. The van der Waals surface area contributed by atoms with Crippen molar-refractivity contribution in [2.24, 2.45) is 0 Å². The SMILES string of the molecule is O=C(O)c1nn(C(=O)Nc2cccnc2)c2ccc(-c3cncc(Cc4ccccc4)c3)cc12. The van der Waals surface area contributed by atoms with E-state index >= 15 is 0 Å². The third-order valence-electron chi connectivity index (χ3n) is 5.37. The predicted molar refractivity (Wildman–Crippen MR) is 128 cm³/mol. The summed E-state index contributed by atoms with van der Waals surface area (Å²) in [7, 11) is 0. The van der Waals surface area contributed by atoms with Gasteiger partial charge in [-0.2, -0.15) is 9.78 Å². The van der Waals surface area contributed by atoms with E-state index in [0.29, 0.717) is 16.6 Å². The molecular weight excluding hydrogens is 430 g/mol. The molecule has 3 heterocycles. The Kier molecular flexibility index (Phi) is 5.53. The van der Waals surface area contributed by atoms with E-state index < -0.39 is 12.0 Å². The topological polar surface area (TPSA) is 110 Å². The molecule has 0 aliphatic rings. The van der Waals surface area contributed by atoms with Crippen molar-refractivity contribution < 1.29 is 14.7 Å². The number of nitrogens with one attached hydrogen (secondary N) is 1. The maximum Gasteiger partial charge on any atom is 0.357 e. The van der Waals surface area contributed by atoms with Gasteiger partial charge in [0.25, 0.3) is 0 Å². The van der Waals surface area contributed by atoms with E-state index in [1.165, 1.54) is 11.8 Å². The number of carboxylic acid groups (broad SMARTS) is 1. The lowest BCUT2D eigenvalue weighted by atomic mass is 10.0. The first kappa shape index (κ1) is 21.0. The Balaban J connectivity index is 1.51. The maximum atomic E-state index is 12.8. The van der Waals surface area contributed by atoms with Crippen LogP contribution in [0.2, 0.25) is 0 Å². The van der Waals surface area contributed by atoms with E-state index in [1.54, 1.807) is 36.7 Å². The molecule has 0 radical (unpaired) electrons. The third-order valence-corrected chi connectivity index (χ3v) is 5.37. The number of nitrogens with zero attached hydrogens (tertiary/aromatic N) is 4. The van der Waals surface area contributed by atoms with Crippen molar-refractivity contribution in [1.82, 2.24) is 19.7 Å². The number of rotatable bonds is 5. The molecule has 34 heavy (non-hydrogen) atoms. The zero-order valence-corrected chi connectivity index (χ0v) is 17.9. The number of hydrogen-bond donors (Lipinski definition) is 2. The van der Waals surface area contributed by atoms with Crippen molar-refractivity contribution in [3.05, 3.63) is 108 Å². The highest BCUT2D eigenvalue weighted by Crippen LogP contribution is 2.27. The van der Waals surface area contributed by atoms with Gasteiger partial charge in [-0.1, -0.05) is 36.4 Å². The van der Waals surface area contributed by atoms with E-state index in [9.17, 15) is 14.7 Å². The van der Waals surface area contributed by atoms with Gasteiger partial charge in [-0.3, -0.25) is 9.97 Å². The van der Waals surface area contributed by atoms with E-state index in [1.807, 2.05) is 36.5 Å². The number of benzene rings is 2. The number of carboxylic acids is 1. The summed E-state index contributed by atoms with van der Waals surface area (Å²) < 4.78 is 1.06. The molecule has 0 unspecified atom stereocenters. The van der Waals surface area contributed by atoms with Crippen molar-refractivity contribution in [2.75, 3.05) is 5.32 Å². The Labute approximate surface area is 194 Å². The molecule has 5 rings (SSSR count). The molecule has 1 amide bonds. The Hall–Kier alpha value is -4.85. The van der Waals surface area contributed by atoms with Gasteiger partial charge in [-0.15, -0.1) is 0 Å². The molecule has 8 heteroatoms. The van der Waals surface area contributed by atoms with Crippen molar-refractivity contribution in [3.63, 3.8) is 0 Å². The Morgan fingerprint density at radius 3 is 2.47 bits per heavy atom. The predicted octanol–water partition coefficient (Wildman–Crippen LogP) is 4.86. The van der Waals surface area contributed by atoms with Crippen LogP contribution < -0.4 is 5.32 Å². The lowest BCUT2D eigenvalue weighted by molar-refractivity contribution is 0.0692. The molecule has 0 aliphatic heterocycles. The highest BCUT2D eigenvalue weighted by atomic mass is 16.4. The van der Waals surface area contributed by atoms with Crippen LogP contribution in [0.4, 0.5) is 10.5 Å². The zero-order chi connectivity index (χ0) is 23.5. The number of carbonyl (C=O) groups is 2. The fourth-order valence-electron chi connectivity index (χ4n) is 3.80. The number of anilines is 1. The minimum absolute atomic E-state index is 0.202. The highest BCUT2D eigenvalue weighted by Gasteiger charge is 2.21. The quantitative estimate of drug-likeness (QED) is 0.396. The summed E-state index contributed by atoms with van der Waals surface area (Å²) in [5.74, 6) is -1.22. The van der Waals surface area contributed by atoms with E-state index in [-0.39, 0.29) is 5.69 Å². The van der Waals surface area contributed by atoms with E-state index in [2.05, 4.69) is 32.5 Å². The third kappa shape index (κ3) is 4.24. The summed E-state index contributed by atoms with van der Waals surface area (Å²) in [5, 5.41) is 16.8. The Bertz CT molecular complexity index is 1500. The molecule has 2 N–H and O–H groups in total. The monoisotopic (exact) mass is 449 g/mol. The first-order chi connectivity index (χ1) is 16.6. The standard InChI is InChI=1S/C26H19N5O3/c32-25(33)24-22-13-19(20-12-18(14-28-15-20)11-17-5-2-1-3-6-17)8-9-23(22)31(30-24)26(34)29-21-7-4-10-27-16-21/h1-10,12-16H,11H2,(H,29,34)(H,32,33). The summed E-state index contributed by atoms with van der Waals surface area (Å²) in [4.78, 5) is 33.0. The van der Waals surface area contributed by atoms with Gasteiger partial charge >= 0.3 is 12.0 Å². The summed E-state index contributed by atoms with van der Waals surface area (Å²) in [6.07, 6.45) is 7.37. The second-order valence-corrected chi connectivity index (χ2v) is 7.71. The molecule has 0 saturated carbocycles. The molecule has 2 aromatic carbocycles. The minimum atomic E-state index is -1.22. The number of fused-ring (bicyclic) bond motifs is 1. The zero-order valence-electron chi connectivity index (χ0n) is 17.9. The van der Waals surface area contributed by atoms with Crippen LogP contribution in [-0.4, -0.2) is 36.9 Å². The van der Waals surface area contributed by atoms with Crippen LogP contribution in [0.15, 0.2) is 91.5 Å². The fourth-order valence-corrected chi connectivity index (χ4v) is 3.80. The van der Waals surface area contributed by atoms with Gasteiger partial charge in [0.1, 0.15) is 0 Å². The highest BCUT2D eigenvalue weighted by molar-refractivity contribution is 6.06. The van der Waals surface area contributed by atoms with E-state index in [4.69, 9.17) is 0 Å². The summed E-state index contributed by atoms with van der Waals surface area (Å²) in [6, 6.07) is 20.1. The second-order valence-electron chi connectivity index (χ2n) is 7.71.